The number of amides is 4. The average Bonchev–Trinajstić information content (AvgIpc) is 1.59. The van der Waals surface area contributed by atoms with Gasteiger partial charge >= 0.3 is 0 Å². The third-order valence-corrected chi connectivity index (χ3v) is 18.5. The number of anilines is 2. The van der Waals surface area contributed by atoms with E-state index in [0.717, 1.165) is 98.4 Å². The van der Waals surface area contributed by atoms with Crippen molar-refractivity contribution in [2.75, 3.05) is 9.80 Å². The summed E-state index contributed by atoms with van der Waals surface area (Å²) in [4.78, 5) is 65.6. The number of aromatic nitrogens is 4. The van der Waals surface area contributed by atoms with Gasteiger partial charge in [0.15, 0.2) is 0 Å². The Kier molecular flexibility index (Phi) is 10.3. The molecular weight excluding hydrogens is 1080 g/mol. The number of benzene rings is 12. The summed E-state index contributed by atoms with van der Waals surface area (Å²) in [6.45, 7) is 3.85. The molecule has 2 aliphatic rings. The second-order valence-corrected chi connectivity index (χ2v) is 23.1. The molecule has 4 aromatic heterocycles. The van der Waals surface area contributed by atoms with Crippen molar-refractivity contribution in [1.82, 2.24) is 18.3 Å². The highest BCUT2D eigenvalue weighted by Gasteiger charge is 2.45. The molecule has 0 unspecified atom stereocenters. The summed E-state index contributed by atoms with van der Waals surface area (Å²) in [5.41, 5.74) is 15.2. The van der Waals surface area contributed by atoms with Crippen LogP contribution in [0.4, 0.5) is 11.4 Å². The Bertz CT molecular complexity index is 4970. The molecule has 16 aromatic rings. The van der Waals surface area contributed by atoms with Crippen LogP contribution < -0.4 is 9.80 Å². The normalized spacial score (nSPS) is 13.4. The van der Waals surface area contributed by atoms with Gasteiger partial charge in [-0.1, -0.05) is 158 Å². The average molecular weight is 1130 g/mol. The molecule has 0 fully saturated rings. The van der Waals surface area contributed by atoms with E-state index in [0.29, 0.717) is 67.5 Å². The van der Waals surface area contributed by atoms with Crippen LogP contribution in [0.5, 0.6) is 0 Å². The van der Waals surface area contributed by atoms with Gasteiger partial charge < -0.3 is 18.3 Å². The smallest absolute Gasteiger partial charge is 0.268 e. The van der Waals surface area contributed by atoms with Crippen molar-refractivity contribution in [3.05, 3.63) is 288 Å². The Morgan fingerprint density at radius 1 is 0.216 bits per heavy atom. The van der Waals surface area contributed by atoms with Crippen LogP contribution in [-0.2, 0) is 0 Å². The minimum absolute atomic E-state index is 0.322. The predicted octanol–water partition coefficient (Wildman–Crippen LogP) is 18.0. The Labute approximate surface area is 502 Å². The van der Waals surface area contributed by atoms with E-state index < -0.39 is 23.6 Å². The number of aryl methyl sites for hydroxylation is 2. The van der Waals surface area contributed by atoms with Gasteiger partial charge in [0, 0.05) is 43.1 Å². The van der Waals surface area contributed by atoms with E-state index >= 15 is 19.2 Å². The number of carbonyl (C=O) groups excluding carboxylic acids is 4. The molecule has 0 bridgehead atoms. The van der Waals surface area contributed by atoms with Crippen molar-refractivity contribution in [3.8, 4) is 33.9 Å². The topological polar surface area (TPSA) is 94.5 Å². The van der Waals surface area contributed by atoms with Gasteiger partial charge in [-0.05, 0) is 133 Å². The molecule has 414 valence electrons. The van der Waals surface area contributed by atoms with Crippen molar-refractivity contribution in [2.45, 2.75) is 13.8 Å². The Morgan fingerprint density at radius 3 is 0.591 bits per heavy atom. The number of carbonyl (C=O) groups is 4. The highest BCUT2D eigenvalue weighted by Crippen LogP contribution is 2.46. The van der Waals surface area contributed by atoms with E-state index in [4.69, 9.17) is 0 Å². The van der Waals surface area contributed by atoms with Crippen LogP contribution in [0.25, 0.3) is 121 Å². The minimum Gasteiger partial charge on any atom is -0.308 e. The van der Waals surface area contributed by atoms with Crippen molar-refractivity contribution >= 4 is 122 Å². The van der Waals surface area contributed by atoms with Gasteiger partial charge in [-0.3, -0.25) is 19.2 Å². The van der Waals surface area contributed by atoms with E-state index in [9.17, 15) is 0 Å². The molecule has 88 heavy (non-hydrogen) atoms. The molecule has 10 heteroatoms. The summed E-state index contributed by atoms with van der Waals surface area (Å²) in [6.07, 6.45) is 0. The molecule has 6 heterocycles. The number of rotatable bonds is 7. The standard InChI is InChI=1S/C78H48N6O4/c1-45-43-47(35-37-57(45)83-75(85)71-67(79-59-27-11-3-19-49(59)50-20-4-12-28-60(50)79)39-40-68(72(71)76(83)86)80-61-29-13-5-21-51(61)52-22-6-14-30-62(52)80)48-36-38-58(46(2)44-48)84-77(87)73-69(81-63-31-15-7-23-53(63)54-24-8-16-32-64(54)81)41-42-70(74(73)78(84)88)82-65-33-17-9-25-55(65)56-26-10-18-34-66(56)82/h3-44H,1-2H3. The highest BCUT2D eigenvalue weighted by atomic mass is 16.2. The summed E-state index contributed by atoms with van der Waals surface area (Å²) < 4.78 is 8.47. The maximum Gasteiger partial charge on any atom is 0.268 e. The van der Waals surface area contributed by atoms with Gasteiger partial charge in [-0.25, -0.2) is 9.80 Å². The zero-order chi connectivity index (χ0) is 58.8. The molecule has 10 nitrogen and oxygen atoms in total. The van der Waals surface area contributed by atoms with Crippen LogP contribution in [0.15, 0.2) is 255 Å². The Balaban J connectivity index is 0.754. The van der Waals surface area contributed by atoms with Gasteiger partial charge in [0.2, 0.25) is 0 Å². The van der Waals surface area contributed by atoms with E-state index in [1.54, 1.807) is 0 Å². The second-order valence-electron chi connectivity index (χ2n) is 23.1. The molecule has 0 atom stereocenters. The first kappa shape index (κ1) is 49.5. The lowest BCUT2D eigenvalue weighted by atomic mass is 9.99. The molecule has 18 rings (SSSR count). The van der Waals surface area contributed by atoms with Gasteiger partial charge in [0.25, 0.3) is 23.6 Å². The molecule has 4 amide bonds. The third kappa shape index (κ3) is 6.65. The summed E-state index contributed by atoms with van der Waals surface area (Å²) in [7, 11) is 0. The molecule has 2 aliphatic heterocycles. The van der Waals surface area contributed by atoms with Crippen LogP contribution in [0.1, 0.15) is 52.6 Å². The Morgan fingerprint density at radius 2 is 0.398 bits per heavy atom. The van der Waals surface area contributed by atoms with Gasteiger partial charge in [-0.2, -0.15) is 0 Å². The van der Waals surface area contributed by atoms with Crippen molar-refractivity contribution in [3.63, 3.8) is 0 Å². The zero-order valence-corrected chi connectivity index (χ0v) is 47.6. The number of nitrogens with zero attached hydrogens (tertiary/aromatic N) is 6. The minimum atomic E-state index is -0.418. The Hall–Kier alpha value is -11.9. The van der Waals surface area contributed by atoms with E-state index in [1.807, 2.05) is 172 Å². The first-order chi connectivity index (χ1) is 43.2. The fraction of sp³-hybridized carbons (Fsp3) is 0.0256. The van der Waals surface area contributed by atoms with Crippen molar-refractivity contribution in [2.24, 2.45) is 0 Å². The number of hydrogen-bond donors (Lipinski definition) is 0. The summed E-state index contributed by atoms with van der Waals surface area (Å²) in [5.74, 6) is -1.67. The maximum absolute atomic E-state index is 15.7. The monoisotopic (exact) mass is 1130 g/mol. The second kappa shape index (κ2) is 18.3. The number of hydrogen-bond acceptors (Lipinski definition) is 4. The summed E-state index contributed by atoms with van der Waals surface area (Å²) in [5, 5.41) is 8.33. The van der Waals surface area contributed by atoms with Crippen LogP contribution in [0, 0.1) is 13.8 Å². The molecule has 12 aromatic carbocycles. The van der Waals surface area contributed by atoms with Crippen molar-refractivity contribution in [1.29, 1.82) is 0 Å². The molecule has 0 saturated heterocycles. The molecule has 0 radical (unpaired) electrons. The predicted molar refractivity (Wildman–Crippen MR) is 354 cm³/mol. The number of fused-ring (bicyclic) bond motifs is 14. The van der Waals surface area contributed by atoms with Gasteiger partial charge in [-0.15, -0.1) is 0 Å². The molecule has 0 aliphatic carbocycles. The molecular formula is C78H48N6O4. The van der Waals surface area contributed by atoms with Crippen LogP contribution >= 0.6 is 0 Å². The van der Waals surface area contributed by atoms with Crippen molar-refractivity contribution < 1.29 is 19.2 Å². The van der Waals surface area contributed by atoms with Gasteiger partial charge in [0.05, 0.1) is 101 Å². The highest BCUT2D eigenvalue weighted by molar-refractivity contribution is 6.39. The first-order valence-corrected chi connectivity index (χ1v) is 29.5. The molecule has 0 spiro atoms. The SMILES string of the molecule is Cc1cc(-c2ccc(N3C(=O)c4c(-n5c6ccccc6c6ccccc65)ccc(-n5c6ccccc6c6ccccc65)c4C3=O)c(C)c2)ccc1N1C(=O)c2c(-n3c4ccccc4c4ccccc43)ccc(-n3c4ccccc4c4ccccc43)c2C1=O. The fourth-order valence-corrected chi connectivity index (χ4v) is 14.7. The molecule has 0 N–H and O–H groups in total. The maximum atomic E-state index is 15.7. The lowest BCUT2D eigenvalue weighted by molar-refractivity contribution is 0.0910. The zero-order valence-electron chi connectivity index (χ0n) is 47.6. The van der Waals surface area contributed by atoms with Crippen LogP contribution in [0.3, 0.4) is 0 Å². The quantitative estimate of drug-likeness (QED) is 0.149. The fourth-order valence-electron chi connectivity index (χ4n) is 14.7. The van der Waals surface area contributed by atoms with E-state index in [-0.39, 0.29) is 0 Å². The van der Waals surface area contributed by atoms with Crippen LogP contribution in [0.2, 0.25) is 0 Å². The molecule has 0 saturated carbocycles. The van der Waals surface area contributed by atoms with E-state index in [2.05, 4.69) is 115 Å². The number of imide groups is 2. The van der Waals surface area contributed by atoms with Gasteiger partial charge in [0.1, 0.15) is 0 Å². The number of para-hydroxylation sites is 8. The first-order valence-electron chi connectivity index (χ1n) is 29.5. The summed E-state index contributed by atoms with van der Waals surface area (Å²) >= 11 is 0. The lowest BCUT2D eigenvalue weighted by Gasteiger charge is -2.20. The third-order valence-electron chi connectivity index (χ3n) is 18.5. The van der Waals surface area contributed by atoms with Crippen LogP contribution in [-0.4, -0.2) is 41.9 Å². The summed E-state index contributed by atoms with van der Waals surface area (Å²) in [6, 6.07) is 85.0. The lowest BCUT2D eigenvalue weighted by Crippen LogP contribution is -2.30. The van der Waals surface area contributed by atoms with E-state index in [1.165, 1.54) is 9.80 Å². The largest absolute Gasteiger partial charge is 0.308 e.